The molecule has 2 rings (SSSR count). The van der Waals surface area contributed by atoms with Crippen molar-refractivity contribution in [3.05, 3.63) is 38.9 Å². The maximum Gasteiger partial charge on any atom is 0.126 e. The predicted octanol–water partition coefficient (Wildman–Crippen LogP) is 4.81. The number of hydrogen-bond donors (Lipinski definition) is 0. The second-order valence-electron chi connectivity index (χ2n) is 3.34. The van der Waals surface area contributed by atoms with E-state index >= 15 is 0 Å². The summed E-state index contributed by atoms with van der Waals surface area (Å²) in [5, 5.41) is 4.06. The molecule has 0 aliphatic rings. The molecular weight excluding hydrogens is 313 g/mol. The van der Waals surface area contributed by atoms with Crippen LogP contribution in [0.1, 0.15) is 10.6 Å². The number of hydrogen-bond acceptors (Lipinski definition) is 2. The lowest BCUT2D eigenvalue weighted by Crippen LogP contribution is -1.87. The summed E-state index contributed by atoms with van der Waals surface area (Å²) in [6, 6.07) is 3.06. The first-order valence-electron chi connectivity index (χ1n) is 4.58. The third-order valence-corrected chi connectivity index (χ3v) is 4.25. The van der Waals surface area contributed by atoms with Crippen LogP contribution in [0.4, 0.5) is 4.39 Å². The molecule has 16 heavy (non-hydrogen) atoms. The van der Waals surface area contributed by atoms with Crippen LogP contribution in [0, 0.1) is 12.7 Å². The molecule has 0 bridgehead atoms. The van der Waals surface area contributed by atoms with Gasteiger partial charge < -0.3 is 0 Å². The second-order valence-corrected chi connectivity index (χ2v) is 5.25. The van der Waals surface area contributed by atoms with Crippen LogP contribution in [0.3, 0.4) is 0 Å². The van der Waals surface area contributed by atoms with E-state index in [4.69, 9.17) is 11.6 Å². The number of alkyl halides is 1. The zero-order chi connectivity index (χ0) is 11.7. The van der Waals surface area contributed by atoms with Crippen LogP contribution >= 0.6 is 38.9 Å². The van der Waals surface area contributed by atoms with E-state index in [1.54, 1.807) is 13.0 Å². The SMILES string of the molecule is Cc1cc(Cl)c(-c2csc(CBr)n2)cc1F. The van der Waals surface area contributed by atoms with Crippen LogP contribution in [-0.2, 0) is 5.33 Å². The van der Waals surface area contributed by atoms with Crippen LogP contribution < -0.4 is 0 Å². The molecule has 0 radical (unpaired) electrons. The Bertz CT molecular complexity index is 527. The lowest BCUT2D eigenvalue weighted by atomic mass is 10.1. The number of aryl methyl sites for hydroxylation is 1. The van der Waals surface area contributed by atoms with Gasteiger partial charge in [0.25, 0.3) is 0 Å². The van der Waals surface area contributed by atoms with Crippen molar-refractivity contribution in [2.45, 2.75) is 12.3 Å². The molecule has 0 amide bonds. The van der Waals surface area contributed by atoms with Crippen molar-refractivity contribution in [3.63, 3.8) is 0 Å². The van der Waals surface area contributed by atoms with Crippen LogP contribution in [0.2, 0.25) is 5.02 Å². The second kappa shape index (κ2) is 4.82. The van der Waals surface area contributed by atoms with Crippen molar-refractivity contribution >= 4 is 38.9 Å². The van der Waals surface area contributed by atoms with E-state index in [9.17, 15) is 4.39 Å². The number of thiazole rings is 1. The van der Waals surface area contributed by atoms with E-state index in [2.05, 4.69) is 20.9 Å². The molecule has 5 heteroatoms. The fraction of sp³-hybridized carbons (Fsp3) is 0.182. The molecule has 1 nitrogen and oxygen atoms in total. The van der Waals surface area contributed by atoms with Crippen molar-refractivity contribution in [1.29, 1.82) is 0 Å². The highest BCUT2D eigenvalue weighted by molar-refractivity contribution is 9.08. The highest BCUT2D eigenvalue weighted by atomic mass is 79.9. The summed E-state index contributed by atoms with van der Waals surface area (Å²) < 4.78 is 13.4. The smallest absolute Gasteiger partial charge is 0.126 e. The third kappa shape index (κ3) is 2.29. The summed E-state index contributed by atoms with van der Waals surface area (Å²) >= 11 is 10.9. The van der Waals surface area contributed by atoms with Gasteiger partial charge in [-0.15, -0.1) is 11.3 Å². The summed E-state index contributed by atoms with van der Waals surface area (Å²) in [7, 11) is 0. The standard InChI is InChI=1S/C11H8BrClFNS/c1-6-2-8(13)7(3-9(6)14)10-5-16-11(4-12)15-10/h2-3,5H,4H2,1H3. The molecule has 1 heterocycles. The Morgan fingerprint density at radius 3 is 2.88 bits per heavy atom. The van der Waals surface area contributed by atoms with Gasteiger partial charge >= 0.3 is 0 Å². The van der Waals surface area contributed by atoms with Crippen LogP contribution in [0.15, 0.2) is 17.5 Å². The van der Waals surface area contributed by atoms with Crippen molar-refractivity contribution in [2.24, 2.45) is 0 Å². The molecule has 2 aromatic rings. The van der Waals surface area contributed by atoms with E-state index < -0.39 is 0 Å². The van der Waals surface area contributed by atoms with E-state index in [1.165, 1.54) is 17.4 Å². The Morgan fingerprint density at radius 1 is 1.50 bits per heavy atom. The van der Waals surface area contributed by atoms with Crippen LogP contribution in [0.25, 0.3) is 11.3 Å². The van der Waals surface area contributed by atoms with Crippen molar-refractivity contribution in [2.75, 3.05) is 0 Å². The molecule has 84 valence electrons. The van der Waals surface area contributed by atoms with Gasteiger partial charge in [-0.05, 0) is 24.6 Å². The van der Waals surface area contributed by atoms with Crippen LogP contribution in [0.5, 0.6) is 0 Å². The average molecular weight is 321 g/mol. The number of rotatable bonds is 2. The zero-order valence-electron chi connectivity index (χ0n) is 8.43. The summed E-state index contributed by atoms with van der Waals surface area (Å²) in [5.74, 6) is -0.257. The molecule has 0 aliphatic heterocycles. The minimum atomic E-state index is -0.257. The molecule has 0 saturated carbocycles. The lowest BCUT2D eigenvalue weighted by Gasteiger charge is -2.03. The van der Waals surface area contributed by atoms with Crippen molar-refractivity contribution in [3.8, 4) is 11.3 Å². The number of aromatic nitrogens is 1. The Kier molecular flexibility index (Phi) is 3.62. The van der Waals surface area contributed by atoms with Crippen LogP contribution in [-0.4, -0.2) is 4.98 Å². The van der Waals surface area contributed by atoms with E-state index in [0.29, 0.717) is 21.5 Å². The minimum absolute atomic E-state index is 0.257. The van der Waals surface area contributed by atoms with Gasteiger partial charge in [0.2, 0.25) is 0 Å². The van der Waals surface area contributed by atoms with E-state index in [-0.39, 0.29) is 5.82 Å². The average Bonchev–Trinajstić information content (AvgIpc) is 2.71. The molecule has 0 fully saturated rings. The normalized spacial score (nSPS) is 10.8. The Morgan fingerprint density at radius 2 is 2.25 bits per heavy atom. The molecule has 0 aliphatic carbocycles. The summed E-state index contributed by atoms with van der Waals surface area (Å²) in [6.07, 6.45) is 0. The summed E-state index contributed by atoms with van der Waals surface area (Å²) in [4.78, 5) is 4.35. The number of benzene rings is 1. The number of nitrogens with zero attached hydrogens (tertiary/aromatic N) is 1. The molecule has 1 aromatic carbocycles. The maximum absolute atomic E-state index is 13.4. The van der Waals surface area contributed by atoms with E-state index in [0.717, 1.165) is 10.7 Å². The summed E-state index contributed by atoms with van der Waals surface area (Å²) in [5.41, 5.74) is 1.92. The fourth-order valence-corrected chi connectivity index (χ4v) is 2.82. The highest BCUT2D eigenvalue weighted by Gasteiger charge is 2.10. The first-order valence-corrected chi connectivity index (χ1v) is 6.96. The maximum atomic E-state index is 13.4. The zero-order valence-corrected chi connectivity index (χ0v) is 11.6. The van der Waals surface area contributed by atoms with Gasteiger partial charge in [-0.25, -0.2) is 9.37 Å². The van der Waals surface area contributed by atoms with E-state index in [1.807, 2.05) is 5.38 Å². The van der Waals surface area contributed by atoms with Gasteiger partial charge in [0.05, 0.1) is 16.0 Å². The van der Waals surface area contributed by atoms with Gasteiger partial charge in [0.15, 0.2) is 0 Å². The quantitative estimate of drug-likeness (QED) is 0.724. The van der Waals surface area contributed by atoms with Crippen molar-refractivity contribution in [1.82, 2.24) is 4.98 Å². The van der Waals surface area contributed by atoms with Gasteiger partial charge in [-0.2, -0.15) is 0 Å². The van der Waals surface area contributed by atoms with Crippen molar-refractivity contribution < 1.29 is 4.39 Å². The molecule has 0 unspecified atom stereocenters. The monoisotopic (exact) mass is 319 g/mol. The first kappa shape index (κ1) is 12.0. The third-order valence-electron chi connectivity index (χ3n) is 2.19. The molecule has 0 N–H and O–H groups in total. The molecule has 0 saturated heterocycles. The Labute approximate surface area is 110 Å². The van der Waals surface area contributed by atoms with Gasteiger partial charge in [0.1, 0.15) is 10.8 Å². The van der Waals surface area contributed by atoms with Gasteiger partial charge in [-0.3, -0.25) is 0 Å². The Balaban J connectivity index is 2.51. The largest absolute Gasteiger partial charge is 0.240 e. The number of halogens is 3. The molecule has 1 aromatic heterocycles. The van der Waals surface area contributed by atoms with Gasteiger partial charge in [-0.1, -0.05) is 27.5 Å². The minimum Gasteiger partial charge on any atom is -0.240 e. The molecule has 0 spiro atoms. The fourth-order valence-electron chi connectivity index (χ4n) is 1.34. The topological polar surface area (TPSA) is 12.9 Å². The Hall–Kier alpha value is -0.450. The first-order chi connectivity index (χ1) is 7.61. The molecule has 0 atom stereocenters. The summed E-state index contributed by atoms with van der Waals surface area (Å²) in [6.45, 7) is 1.69. The highest BCUT2D eigenvalue weighted by Crippen LogP contribution is 2.31. The lowest BCUT2D eigenvalue weighted by molar-refractivity contribution is 0.619. The molecular formula is C11H8BrClFNS. The van der Waals surface area contributed by atoms with Gasteiger partial charge in [0, 0.05) is 10.9 Å². The predicted molar refractivity (Wildman–Crippen MR) is 69.9 cm³/mol.